The summed E-state index contributed by atoms with van der Waals surface area (Å²) in [4.78, 5) is 11.8. The molecule has 0 fully saturated rings. The second kappa shape index (κ2) is 3.58. The molecule has 1 amide bonds. The van der Waals surface area contributed by atoms with Crippen LogP contribution in [0.4, 0.5) is 0 Å². The quantitative estimate of drug-likeness (QED) is 0.626. The zero-order valence-electron chi connectivity index (χ0n) is 11.1. The van der Waals surface area contributed by atoms with Crippen molar-refractivity contribution < 1.29 is 4.79 Å². The van der Waals surface area contributed by atoms with Gasteiger partial charge in [-0.05, 0) is 33.2 Å². The maximum atomic E-state index is 11.8. The Hall–Kier alpha value is -2.94. The lowest BCUT2D eigenvalue weighted by Crippen LogP contribution is -2.11. The average molecular weight is 270 g/mol. The number of nitrogens with one attached hydrogen (secondary N) is 1. The molecule has 3 nitrogen and oxygen atoms in total. The highest BCUT2D eigenvalue weighted by Crippen LogP contribution is 2.36. The molecule has 1 heterocycles. The van der Waals surface area contributed by atoms with Crippen LogP contribution in [-0.4, -0.2) is 11.6 Å². The fraction of sp³-hybridized carbons (Fsp3) is 0. The molecule has 0 spiro atoms. The largest absolute Gasteiger partial charge is 0.273 e. The number of amides is 1. The van der Waals surface area contributed by atoms with Gasteiger partial charge in [0.25, 0.3) is 5.91 Å². The van der Waals surface area contributed by atoms with Crippen molar-refractivity contribution in [3.63, 3.8) is 0 Å². The van der Waals surface area contributed by atoms with Crippen LogP contribution in [0.15, 0.2) is 59.2 Å². The highest BCUT2D eigenvalue weighted by Gasteiger charge is 2.31. The van der Waals surface area contributed by atoms with E-state index in [1.54, 1.807) is 0 Å². The molecule has 0 saturated carbocycles. The van der Waals surface area contributed by atoms with E-state index in [2.05, 4.69) is 53.0 Å². The molecule has 5 rings (SSSR count). The molecule has 0 unspecified atom stereocenters. The molecule has 1 N–H and O–H groups in total. The second-order valence-corrected chi connectivity index (χ2v) is 5.37. The van der Waals surface area contributed by atoms with E-state index < -0.39 is 0 Å². The fourth-order valence-electron chi connectivity index (χ4n) is 3.29. The van der Waals surface area contributed by atoms with Gasteiger partial charge >= 0.3 is 0 Å². The molecule has 2 aliphatic rings. The van der Waals surface area contributed by atoms with Gasteiger partial charge < -0.3 is 0 Å². The summed E-state index contributed by atoms with van der Waals surface area (Å²) in [6.45, 7) is 0. The predicted molar refractivity (Wildman–Crippen MR) is 84.1 cm³/mol. The van der Waals surface area contributed by atoms with E-state index in [1.165, 1.54) is 21.5 Å². The van der Waals surface area contributed by atoms with Crippen LogP contribution in [0.3, 0.4) is 0 Å². The molecule has 1 aliphatic heterocycles. The first kappa shape index (κ1) is 10.8. The number of hydrogen-bond donors (Lipinski definition) is 1. The summed E-state index contributed by atoms with van der Waals surface area (Å²) in [7, 11) is 0. The molecule has 0 atom stereocenters. The molecular weight excluding hydrogens is 260 g/mol. The van der Waals surface area contributed by atoms with Gasteiger partial charge in [0, 0.05) is 5.56 Å². The van der Waals surface area contributed by atoms with E-state index in [4.69, 9.17) is 0 Å². The lowest BCUT2D eigenvalue weighted by atomic mass is 9.96. The highest BCUT2D eigenvalue weighted by atomic mass is 16.2. The maximum absolute atomic E-state index is 11.8. The lowest BCUT2D eigenvalue weighted by Gasteiger charge is -2.08. The summed E-state index contributed by atoms with van der Waals surface area (Å²) in [6, 6.07) is 16.8. The number of benzene rings is 3. The Bertz CT molecular complexity index is 1030. The Morgan fingerprint density at radius 3 is 2.67 bits per heavy atom. The van der Waals surface area contributed by atoms with Crippen molar-refractivity contribution in [3.8, 4) is 0 Å². The molecule has 0 radical (unpaired) electrons. The summed E-state index contributed by atoms with van der Waals surface area (Å²) in [6.07, 6.45) is 1.95. The van der Waals surface area contributed by atoms with E-state index in [0.717, 1.165) is 16.8 Å². The average Bonchev–Trinajstić information content (AvgIpc) is 3.07. The highest BCUT2D eigenvalue weighted by molar-refractivity contribution is 6.38. The number of carbonyl (C=O) groups is 1. The van der Waals surface area contributed by atoms with Gasteiger partial charge in [-0.3, -0.25) is 4.79 Å². The van der Waals surface area contributed by atoms with Gasteiger partial charge in [-0.2, -0.15) is 5.10 Å². The van der Waals surface area contributed by atoms with E-state index in [0.29, 0.717) is 5.57 Å². The molecular formula is C18H10N2O. The molecule has 3 aromatic carbocycles. The van der Waals surface area contributed by atoms with Gasteiger partial charge in [-0.15, -0.1) is 0 Å². The first-order valence-electron chi connectivity index (χ1n) is 6.88. The monoisotopic (exact) mass is 270 g/mol. The number of hydrogen-bond acceptors (Lipinski definition) is 2. The molecule has 0 saturated heterocycles. The van der Waals surface area contributed by atoms with Gasteiger partial charge in [0.2, 0.25) is 0 Å². The number of nitrogens with zero attached hydrogens (tertiary/aromatic N) is 1. The molecule has 0 bridgehead atoms. The van der Waals surface area contributed by atoms with Gasteiger partial charge in [-0.25, -0.2) is 5.43 Å². The van der Waals surface area contributed by atoms with Crippen molar-refractivity contribution >= 4 is 39.2 Å². The lowest BCUT2D eigenvalue weighted by molar-refractivity contribution is -0.116. The summed E-state index contributed by atoms with van der Waals surface area (Å²) < 4.78 is 0. The van der Waals surface area contributed by atoms with Crippen LogP contribution in [0.2, 0.25) is 0 Å². The van der Waals surface area contributed by atoms with Crippen LogP contribution in [-0.2, 0) is 4.79 Å². The number of carbonyl (C=O) groups excluding carboxylic acids is 1. The van der Waals surface area contributed by atoms with Crippen molar-refractivity contribution in [1.29, 1.82) is 0 Å². The Kier molecular flexibility index (Phi) is 1.84. The smallest absolute Gasteiger partial charge is 0.267 e. The van der Waals surface area contributed by atoms with Gasteiger partial charge in [-0.1, -0.05) is 48.5 Å². The predicted octanol–water partition coefficient (Wildman–Crippen LogP) is 3.22. The minimum absolute atomic E-state index is 0.116. The third-order valence-corrected chi connectivity index (χ3v) is 4.28. The fourth-order valence-corrected chi connectivity index (χ4v) is 3.29. The first-order valence-corrected chi connectivity index (χ1v) is 6.88. The van der Waals surface area contributed by atoms with E-state index >= 15 is 0 Å². The minimum Gasteiger partial charge on any atom is -0.267 e. The van der Waals surface area contributed by atoms with Crippen LogP contribution >= 0.6 is 0 Å². The molecule has 3 aromatic rings. The van der Waals surface area contributed by atoms with Crippen LogP contribution < -0.4 is 5.43 Å². The Labute approximate surface area is 120 Å². The van der Waals surface area contributed by atoms with Crippen LogP contribution in [0.25, 0.3) is 27.6 Å². The van der Waals surface area contributed by atoms with E-state index in [9.17, 15) is 4.79 Å². The molecule has 3 heteroatoms. The molecule has 1 aliphatic carbocycles. The number of fused-ring (bicyclic) bond motifs is 7. The summed E-state index contributed by atoms with van der Waals surface area (Å²) >= 11 is 0. The standard InChI is InChI=1S/C18H10N2O/c21-18-16-9-15-13-6-5-10-3-1-2-4-11(10)12(13)7-8-14(15)17(16)19-20-18/h1-9H,(H,20,21). The van der Waals surface area contributed by atoms with Crippen LogP contribution in [0.1, 0.15) is 11.1 Å². The summed E-state index contributed by atoms with van der Waals surface area (Å²) in [5.74, 6) is -0.116. The Balaban J connectivity index is 1.93. The number of rotatable bonds is 0. The topological polar surface area (TPSA) is 41.5 Å². The minimum atomic E-state index is -0.116. The zero-order valence-corrected chi connectivity index (χ0v) is 11.1. The maximum Gasteiger partial charge on any atom is 0.273 e. The van der Waals surface area contributed by atoms with Crippen molar-refractivity contribution in [2.45, 2.75) is 0 Å². The van der Waals surface area contributed by atoms with Gasteiger partial charge in [0.05, 0.1) is 5.57 Å². The van der Waals surface area contributed by atoms with Gasteiger partial charge in [0.15, 0.2) is 0 Å². The second-order valence-electron chi connectivity index (χ2n) is 5.37. The SMILES string of the molecule is O=C1NN=C2C1=Cc1c2ccc2c1ccc1ccccc12. The van der Waals surface area contributed by atoms with Gasteiger partial charge in [0.1, 0.15) is 5.71 Å². The van der Waals surface area contributed by atoms with Crippen molar-refractivity contribution in [3.05, 3.63) is 65.2 Å². The van der Waals surface area contributed by atoms with Crippen LogP contribution in [0.5, 0.6) is 0 Å². The first-order chi connectivity index (χ1) is 10.3. The molecule has 98 valence electrons. The number of hydrazone groups is 1. The third kappa shape index (κ3) is 1.28. The summed E-state index contributed by atoms with van der Waals surface area (Å²) in [5, 5.41) is 8.98. The normalized spacial score (nSPS) is 15.7. The van der Waals surface area contributed by atoms with E-state index in [-0.39, 0.29) is 5.91 Å². The Morgan fingerprint density at radius 2 is 1.71 bits per heavy atom. The third-order valence-electron chi connectivity index (χ3n) is 4.28. The van der Waals surface area contributed by atoms with E-state index in [1.807, 2.05) is 12.1 Å². The van der Waals surface area contributed by atoms with Crippen molar-refractivity contribution in [2.24, 2.45) is 5.10 Å². The van der Waals surface area contributed by atoms with Crippen molar-refractivity contribution in [2.75, 3.05) is 0 Å². The van der Waals surface area contributed by atoms with Crippen LogP contribution in [0, 0.1) is 0 Å². The Morgan fingerprint density at radius 1 is 0.857 bits per heavy atom. The molecule has 0 aromatic heterocycles. The van der Waals surface area contributed by atoms with Crippen molar-refractivity contribution in [1.82, 2.24) is 5.43 Å². The zero-order chi connectivity index (χ0) is 14.0. The summed E-state index contributed by atoms with van der Waals surface area (Å²) in [5.41, 5.74) is 6.09. The molecule has 21 heavy (non-hydrogen) atoms.